The van der Waals surface area contributed by atoms with Gasteiger partial charge in [-0.1, -0.05) is 15.9 Å². The van der Waals surface area contributed by atoms with Gasteiger partial charge in [0.15, 0.2) is 0 Å². The van der Waals surface area contributed by atoms with Crippen LogP contribution in [0.15, 0.2) is 15.4 Å². The summed E-state index contributed by atoms with van der Waals surface area (Å²) in [6.07, 6.45) is 0. The summed E-state index contributed by atoms with van der Waals surface area (Å²) in [6.45, 7) is 3.96. The molecule has 0 saturated carbocycles. The van der Waals surface area contributed by atoms with Gasteiger partial charge < -0.3 is 5.73 Å². The van der Waals surface area contributed by atoms with Crippen LogP contribution < -0.4 is 5.73 Å². The molecule has 0 aliphatic heterocycles. The zero-order valence-corrected chi connectivity index (χ0v) is 8.96. The molecule has 11 heavy (non-hydrogen) atoms. The molecule has 0 saturated heterocycles. The number of aryl methyl sites for hydroxylation is 1. The number of nitrogen functional groups attached to an aromatic ring is 1. The van der Waals surface area contributed by atoms with Crippen molar-refractivity contribution in [1.82, 2.24) is 0 Å². The largest absolute Gasteiger partial charge is 0.398 e. The number of hydrogen-bond donors (Lipinski definition) is 2. The minimum absolute atomic E-state index is 0.772. The molecule has 0 aliphatic carbocycles. The van der Waals surface area contributed by atoms with Crippen LogP contribution in [0.2, 0.25) is 0 Å². The molecule has 0 aliphatic rings. The number of benzene rings is 1. The molecule has 1 nitrogen and oxygen atoms in total. The Morgan fingerprint density at radius 3 is 2.55 bits per heavy atom. The van der Waals surface area contributed by atoms with Gasteiger partial charge in [0, 0.05) is 15.1 Å². The third-order valence-corrected chi connectivity index (χ3v) is 3.14. The van der Waals surface area contributed by atoms with Gasteiger partial charge >= 0.3 is 0 Å². The topological polar surface area (TPSA) is 26.0 Å². The smallest absolute Gasteiger partial charge is 0.0482 e. The van der Waals surface area contributed by atoms with E-state index in [4.69, 9.17) is 5.73 Å². The summed E-state index contributed by atoms with van der Waals surface area (Å²) < 4.78 is 1.06. The zero-order chi connectivity index (χ0) is 8.59. The quantitative estimate of drug-likeness (QED) is 0.522. The maximum atomic E-state index is 5.75. The highest BCUT2D eigenvalue weighted by atomic mass is 79.9. The summed E-state index contributed by atoms with van der Waals surface area (Å²) in [5.41, 5.74) is 8.68. The van der Waals surface area contributed by atoms with Crippen molar-refractivity contribution in [3.63, 3.8) is 0 Å². The molecule has 0 radical (unpaired) electrons. The lowest BCUT2D eigenvalue weighted by Gasteiger charge is -2.08. The van der Waals surface area contributed by atoms with E-state index in [2.05, 4.69) is 28.6 Å². The second-order valence-electron chi connectivity index (χ2n) is 2.56. The van der Waals surface area contributed by atoms with Gasteiger partial charge in [-0.25, -0.2) is 0 Å². The first kappa shape index (κ1) is 8.94. The molecule has 0 unspecified atom stereocenters. The molecule has 60 valence electrons. The van der Waals surface area contributed by atoms with Crippen molar-refractivity contribution >= 4 is 34.2 Å². The number of thiol groups is 1. The zero-order valence-electron chi connectivity index (χ0n) is 6.48. The first-order valence-corrected chi connectivity index (χ1v) is 4.52. The number of anilines is 1. The Kier molecular flexibility index (Phi) is 2.50. The van der Waals surface area contributed by atoms with Gasteiger partial charge in [0.1, 0.15) is 0 Å². The maximum Gasteiger partial charge on any atom is 0.0482 e. The summed E-state index contributed by atoms with van der Waals surface area (Å²) in [6, 6.07) is 2.00. The number of nitrogens with two attached hydrogens (primary N) is 1. The average molecular weight is 232 g/mol. The summed E-state index contributed by atoms with van der Waals surface area (Å²) in [5.74, 6) is 0. The lowest BCUT2D eigenvalue weighted by atomic mass is 10.1. The molecule has 0 aromatic heterocycles. The Morgan fingerprint density at radius 1 is 1.45 bits per heavy atom. The fourth-order valence-corrected chi connectivity index (χ4v) is 1.87. The number of hydrogen-bond acceptors (Lipinski definition) is 2. The fourth-order valence-electron chi connectivity index (χ4n) is 0.878. The second kappa shape index (κ2) is 3.07. The Morgan fingerprint density at radius 2 is 2.00 bits per heavy atom. The average Bonchev–Trinajstić information content (AvgIpc) is 1.97. The Labute approximate surface area is 80.5 Å². The molecule has 0 spiro atoms. The fraction of sp³-hybridized carbons (Fsp3) is 0.250. The first-order chi connectivity index (χ1) is 5.04. The monoisotopic (exact) mass is 231 g/mol. The van der Waals surface area contributed by atoms with Crippen LogP contribution in [0.5, 0.6) is 0 Å². The molecule has 1 aromatic carbocycles. The van der Waals surface area contributed by atoms with E-state index in [0.29, 0.717) is 0 Å². The highest BCUT2D eigenvalue weighted by Crippen LogP contribution is 2.30. The Bertz CT molecular complexity index is 270. The van der Waals surface area contributed by atoms with Crippen LogP contribution in [0.25, 0.3) is 0 Å². The van der Waals surface area contributed by atoms with Crippen LogP contribution in [0.4, 0.5) is 5.69 Å². The van der Waals surface area contributed by atoms with Crippen LogP contribution in [0, 0.1) is 13.8 Å². The van der Waals surface area contributed by atoms with Crippen molar-refractivity contribution in [2.75, 3.05) is 5.73 Å². The Balaban J connectivity index is 3.46. The van der Waals surface area contributed by atoms with E-state index in [0.717, 1.165) is 26.2 Å². The molecule has 3 heteroatoms. The van der Waals surface area contributed by atoms with Crippen LogP contribution in [0.3, 0.4) is 0 Å². The van der Waals surface area contributed by atoms with Gasteiger partial charge in [-0.2, -0.15) is 0 Å². The summed E-state index contributed by atoms with van der Waals surface area (Å²) in [4.78, 5) is 0.872. The van der Waals surface area contributed by atoms with Gasteiger partial charge in [0.25, 0.3) is 0 Å². The number of halogens is 1. The normalized spacial score (nSPS) is 10.2. The summed E-state index contributed by atoms with van der Waals surface area (Å²) >= 11 is 7.72. The van der Waals surface area contributed by atoms with Gasteiger partial charge in [-0.3, -0.25) is 0 Å². The lowest BCUT2D eigenvalue weighted by Crippen LogP contribution is -1.94. The first-order valence-electron chi connectivity index (χ1n) is 3.28. The minimum Gasteiger partial charge on any atom is -0.398 e. The van der Waals surface area contributed by atoms with Crippen LogP contribution >= 0.6 is 28.6 Å². The van der Waals surface area contributed by atoms with Crippen LogP contribution in [-0.2, 0) is 0 Å². The van der Waals surface area contributed by atoms with Gasteiger partial charge in [0.2, 0.25) is 0 Å². The van der Waals surface area contributed by atoms with E-state index in [-0.39, 0.29) is 0 Å². The lowest BCUT2D eigenvalue weighted by molar-refractivity contribution is 1.25. The SMILES string of the molecule is Cc1cc(Br)c(C)c(S)c1N. The van der Waals surface area contributed by atoms with Crippen molar-refractivity contribution in [1.29, 1.82) is 0 Å². The molecule has 0 heterocycles. The van der Waals surface area contributed by atoms with E-state index in [1.807, 2.05) is 19.9 Å². The summed E-state index contributed by atoms with van der Waals surface area (Å²) in [5, 5.41) is 0. The summed E-state index contributed by atoms with van der Waals surface area (Å²) in [7, 11) is 0. The van der Waals surface area contributed by atoms with E-state index in [1.54, 1.807) is 0 Å². The molecular weight excluding hydrogens is 222 g/mol. The van der Waals surface area contributed by atoms with E-state index in [9.17, 15) is 0 Å². The molecule has 0 atom stereocenters. The predicted molar refractivity (Wildman–Crippen MR) is 55.3 cm³/mol. The van der Waals surface area contributed by atoms with Crippen LogP contribution in [-0.4, -0.2) is 0 Å². The molecular formula is C8H10BrNS. The van der Waals surface area contributed by atoms with Crippen molar-refractivity contribution in [3.05, 3.63) is 21.7 Å². The highest BCUT2D eigenvalue weighted by Gasteiger charge is 2.05. The maximum absolute atomic E-state index is 5.75. The van der Waals surface area contributed by atoms with E-state index in [1.165, 1.54) is 0 Å². The third kappa shape index (κ3) is 1.54. The van der Waals surface area contributed by atoms with E-state index < -0.39 is 0 Å². The molecule has 0 bridgehead atoms. The van der Waals surface area contributed by atoms with Crippen LogP contribution in [0.1, 0.15) is 11.1 Å². The van der Waals surface area contributed by atoms with Crippen molar-refractivity contribution < 1.29 is 0 Å². The molecule has 0 fully saturated rings. The number of rotatable bonds is 0. The van der Waals surface area contributed by atoms with E-state index >= 15 is 0 Å². The predicted octanol–water partition coefficient (Wildman–Crippen LogP) is 2.94. The standard InChI is InChI=1S/C8H10BrNS/c1-4-3-6(9)5(2)8(11)7(4)10/h3,11H,10H2,1-2H3. The molecule has 1 rings (SSSR count). The van der Waals surface area contributed by atoms with Gasteiger partial charge in [-0.05, 0) is 31.0 Å². The molecule has 0 amide bonds. The third-order valence-electron chi connectivity index (χ3n) is 1.74. The van der Waals surface area contributed by atoms with Gasteiger partial charge in [-0.15, -0.1) is 12.6 Å². The molecule has 1 aromatic rings. The van der Waals surface area contributed by atoms with Crippen molar-refractivity contribution in [2.24, 2.45) is 0 Å². The van der Waals surface area contributed by atoms with Crippen molar-refractivity contribution in [3.8, 4) is 0 Å². The minimum atomic E-state index is 0.772. The Hall–Kier alpha value is -0.150. The second-order valence-corrected chi connectivity index (χ2v) is 3.86. The van der Waals surface area contributed by atoms with Gasteiger partial charge in [0.05, 0.1) is 0 Å². The highest BCUT2D eigenvalue weighted by molar-refractivity contribution is 9.10. The molecule has 2 N–H and O–H groups in total. The van der Waals surface area contributed by atoms with Crippen molar-refractivity contribution in [2.45, 2.75) is 18.7 Å².